The fraction of sp³-hybridized carbons (Fsp3) is 0.267. The molecule has 1 aliphatic heterocycles. The smallest absolute Gasteiger partial charge is 0.210 e. The Morgan fingerprint density at radius 2 is 2.35 bits per heavy atom. The minimum atomic E-state index is -0.516. The van der Waals surface area contributed by atoms with Crippen molar-refractivity contribution in [3.05, 3.63) is 46.3 Å². The average molecular weight is 370 g/mol. The summed E-state index contributed by atoms with van der Waals surface area (Å²) in [6.45, 7) is 8.45. The van der Waals surface area contributed by atoms with Gasteiger partial charge in [-0.15, -0.1) is 0 Å². The highest BCUT2D eigenvalue weighted by molar-refractivity contribution is 8.00. The molecule has 0 aliphatic carbocycles. The molecule has 0 fully saturated rings. The van der Waals surface area contributed by atoms with E-state index in [0.29, 0.717) is 10.6 Å². The highest BCUT2D eigenvalue weighted by Crippen LogP contribution is 2.39. The molecule has 0 amide bonds. The van der Waals surface area contributed by atoms with Crippen molar-refractivity contribution in [3.63, 3.8) is 0 Å². The molecule has 0 unspecified atom stereocenters. The normalized spacial score (nSPS) is 16.1. The van der Waals surface area contributed by atoms with Gasteiger partial charge in [0.25, 0.3) is 0 Å². The van der Waals surface area contributed by atoms with Gasteiger partial charge < -0.3 is 4.74 Å². The van der Waals surface area contributed by atoms with Crippen molar-refractivity contribution < 1.29 is 9.13 Å². The van der Waals surface area contributed by atoms with Crippen LogP contribution in [0.15, 0.2) is 40.9 Å². The number of aromatic nitrogens is 2. The molecule has 0 saturated heterocycles. The Bertz CT molecular complexity index is 881. The molecule has 8 heteroatoms. The lowest BCUT2D eigenvalue weighted by atomic mass is 10.2. The van der Waals surface area contributed by atoms with Gasteiger partial charge in [0.05, 0.1) is 5.02 Å². The fourth-order valence-electron chi connectivity index (χ4n) is 2.11. The first kappa shape index (κ1) is 16.3. The third kappa shape index (κ3) is 3.38. The van der Waals surface area contributed by atoms with Crippen molar-refractivity contribution in [3.8, 4) is 5.75 Å². The summed E-state index contributed by atoms with van der Waals surface area (Å²) < 4.78 is 25.8. The number of fused-ring (bicyclic) bond motifs is 1. The maximum Gasteiger partial charge on any atom is 0.210 e. The van der Waals surface area contributed by atoms with Crippen LogP contribution in [0.1, 0.15) is 13.8 Å². The van der Waals surface area contributed by atoms with E-state index in [2.05, 4.69) is 35.5 Å². The Kier molecular flexibility index (Phi) is 4.38. The standard InChI is InChI=1S/C15H13ClFN3OS2/c1-4-5-21-12-7-11(10(17)6-9(12)16)18-13-20-8-15(2,3)22-14(20)19-23-13/h5-7H,1,8H2,2-3H3. The Morgan fingerprint density at radius 1 is 1.57 bits per heavy atom. The maximum atomic E-state index is 14.1. The molecule has 0 N–H and O–H groups in total. The molecule has 0 radical (unpaired) electrons. The van der Waals surface area contributed by atoms with Crippen LogP contribution in [0.5, 0.6) is 5.75 Å². The topological polar surface area (TPSA) is 39.4 Å². The second-order valence-electron chi connectivity index (χ2n) is 5.48. The lowest BCUT2D eigenvalue weighted by molar-refractivity contribution is 0.481. The van der Waals surface area contributed by atoms with Gasteiger partial charge in [0.1, 0.15) is 17.7 Å². The van der Waals surface area contributed by atoms with Crippen LogP contribution in [-0.4, -0.2) is 13.7 Å². The second kappa shape index (κ2) is 6.17. The Hall–Kier alpha value is -1.53. The van der Waals surface area contributed by atoms with Gasteiger partial charge in [-0.1, -0.05) is 35.7 Å². The summed E-state index contributed by atoms with van der Waals surface area (Å²) in [7, 11) is 0. The van der Waals surface area contributed by atoms with Crippen LogP contribution < -0.4 is 9.54 Å². The molecule has 1 aromatic carbocycles. The lowest BCUT2D eigenvalue weighted by Crippen LogP contribution is -2.21. The molecule has 0 spiro atoms. The first-order valence-electron chi connectivity index (χ1n) is 6.70. The molecule has 120 valence electrons. The van der Waals surface area contributed by atoms with Crippen LogP contribution in [0.3, 0.4) is 0 Å². The minimum Gasteiger partial charge on any atom is -0.455 e. The van der Waals surface area contributed by atoms with Crippen LogP contribution in [0, 0.1) is 5.82 Å². The maximum absolute atomic E-state index is 14.1. The van der Waals surface area contributed by atoms with E-state index in [-0.39, 0.29) is 15.5 Å². The van der Waals surface area contributed by atoms with Crippen molar-refractivity contribution >= 4 is 40.6 Å². The number of halogens is 2. The monoisotopic (exact) mass is 369 g/mol. The van der Waals surface area contributed by atoms with E-state index in [1.165, 1.54) is 29.9 Å². The first-order valence-corrected chi connectivity index (χ1v) is 8.67. The van der Waals surface area contributed by atoms with Crippen molar-refractivity contribution in [2.75, 3.05) is 0 Å². The van der Waals surface area contributed by atoms with Crippen molar-refractivity contribution in [2.45, 2.75) is 30.3 Å². The number of rotatable bonds is 3. The highest BCUT2D eigenvalue weighted by Gasteiger charge is 2.31. The lowest BCUT2D eigenvalue weighted by Gasteiger charge is -2.12. The van der Waals surface area contributed by atoms with E-state index in [1.807, 2.05) is 4.57 Å². The summed E-state index contributed by atoms with van der Waals surface area (Å²) in [6, 6.07) is 2.63. The van der Waals surface area contributed by atoms with Crippen molar-refractivity contribution in [1.82, 2.24) is 8.94 Å². The van der Waals surface area contributed by atoms with Gasteiger partial charge in [-0.05, 0) is 19.9 Å². The zero-order valence-electron chi connectivity index (χ0n) is 12.5. The molecule has 0 bridgehead atoms. The third-order valence-corrected chi connectivity index (χ3v) is 5.39. The molecule has 1 aliphatic rings. The summed E-state index contributed by atoms with van der Waals surface area (Å²) in [5.41, 5.74) is 2.62. The molecular weight excluding hydrogens is 357 g/mol. The largest absolute Gasteiger partial charge is 0.455 e. The SMILES string of the molecule is C=C=COc1cc(N=c2snc3n2CC(C)(C)S3)c(F)cc1Cl. The van der Waals surface area contributed by atoms with Gasteiger partial charge in [0.15, 0.2) is 11.0 Å². The van der Waals surface area contributed by atoms with Gasteiger partial charge in [0, 0.05) is 28.9 Å². The molecule has 4 nitrogen and oxygen atoms in total. The second-order valence-corrected chi connectivity index (χ2v) is 8.29. The molecule has 1 aromatic heterocycles. The predicted octanol–water partition coefficient (Wildman–Crippen LogP) is 4.53. The van der Waals surface area contributed by atoms with Gasteiger partial charge in [-0.2, -0.15) is 4.37 Å². The Labute approximate surface area is 146 Å². The van der Waals surface area contributed by atoms with Crippen LogP contribution in [0.25, 0.3) is 0 Å². The van der Waals surface area contributed by atoms with Gasteiger partial charge in [-0.3, -0.25) is 4.57 Å². The fourth-order valence-corrected chi connectivity index (χ4v) is 4.22. The summed E-state index contributed by atoms with van der Waals surface area (Å²) in [6.07, 6.45) is 1.25. The molecule has 23 heavy (non-hydrogen) atoms. The summed E-state index contributed by atoms with van der Waals surface area (Å²) in [5, 5.41) is 1.06. The molecule has 0 saturated carbocycles. The molecular formula is C15H13ClFN3OS2. The van der Waals surface area contributed by atoms with Crippen LogP contribution >= 0.6 is 34.9 Å². The number of hydrogen-bond acceptors (Lipinski definition) is 5. The summed E-state index contributed by atoms with van der Waals surface area (Å²) >= 11 is 8.88. The number of ether oxygens (including phenoxy) is 1. The van der Waals surface area contributed by atoms with E-state index < -0.39 is 5.82 Å². The van der Waals surface area contributed by atoms with E-state index in [4.69, 9.17) is 16.3 Å². The van der Waals surface area contributed by atoms with Crippen LogP contribution in [0.4, 0.5) is 10.1 Å². The molecule has 0 atom stereocenters. The average Bonchev–Trinajstić information content (AvgIpc) is 2.96. The minimum absolute atomic E-state index is 0.0577. The molecule has 3 rings (SSSR count). The highest BCUT2D eigenvalue weighted by atomic mass is 35.5. The first-order chi connectivity index (χ1) is 10.9. The Balaban J connectivity index is 2.06. The van der Waals surface area contributed by atoms with Gasteiger partial charge in [0.2, 0.25) is 4.80 Å². The zero-order valence-corrected chi connectivity index (χ0v) is 14.9. The number of nitrogens with zero attached hydrogens (tertiary/aromatic N) is 3. The van der Waals surface area contributed by atoms with Crippen LogP contribution in [-0.2, 0) is 6.54 Å². The number of hydrogen-bond donors (Lipinski definition) is 0. The Morgan fingerprint density at radius 3 is 3.09 bits per heavy atom. The van der Waals surface area contributed by atoms with E-state index >= 15 is 0 Å². The van der Waals surface area contributed by atoms with Crippen LogP contribution in [0.2, 0.25) is 5.02 Å². The van der Waals surface area contributed by atoms with E-state index in [1.54, 1.807) is 11.8 Å². The molecule has 2 heterocycles. The van der Waals surface area contributed by atoms with E-state index in [0.717, 1.165) is 11.7 Å². The van der Waals surface area contributed by atoms with Gasteiger partial charge in [-0.25, -0.2) is 9.38 Å². The third-order valence-electron chi connectivity index (χ3n) is 3.06. The number of thioether (sulfide) groups is 1. The van der Waals surface area contributed by atoms with Gasteiger partial charge >= 0.3 is 0 Å². The van der Waals surface area contributed by atoms with Crippen molar-refractivity contribution in [2.24, 2.45) is 4.99 Å². The molecule has 2 aromatic rings. The van der Waals surface area contributed by atoms with E-state index in [9.17, 15) is 4.39 Å². The van der Waals surface area contributed by atoms with Crippen molar-refractivity contribution in [1.29, 1.82) is 0 Å². The predicted molar refractivity (Wildman–Crippen MR) is 91.0 cm³/mol. The quantitative estimate of drug-likeness (QED) is 0.589. The summed E-state index contributed by atoms with van der Waals surface area (Å²) in [5.74, 6) is -0.221. The number of benzene rings is 1. The zero-order chi connectivity index (χ0) is 16.6. The summed E-state index contributed by atoms with van der Waals surface area (Å²) in [4.78, 5) is 5.03.